The lowest BCUT2D eigenvalue weighted by molar-refractivity contribution is 0.286. The van der Waals surface area contributed by atoms with Gasteiger partial charge in [-0.15, -0.1) is 0 Å². The van der Waals surface area contributed by atoms with E-state index < -0.39 is 0 Å². The summed E-state index contributed by atoms with van der Waals surface area (Å²) in [7, 11) is 0. The molecule has 90 valence electrons. The lowest BCUT2D eigenvalue weighted by atomic mass is 9.81. The smallest absolute Gasteiger partial charge is 0.00313 e. The third-order valence-electron chi connectivity index (χ3n) is 3.72. The molecule has 0 aromatic heterocycles. The van der Waals surface area contributed by atoms with Gasteiger partial charge in [-0.05, 0) is 12.3 Å². The molecule has 0 unspecified atom stereocenters. The Bertz CT molecular complexity index is 129. The van der Waals surface area contributed by atoms with Crippen molar-refractivity contribution in [3.8, 4) is 0 Å². The standard InChI is InChI=1S/C14H27Br/c15-13-8-6-4-2-1-3-5-7-10-14-11-9-12-14/h14H,1-13H2. The summed E-state index contributed by atoms with van der Waals surface area (Å²) < 4.78 is 0. The Balaban J connectivity index is 1.66. The number of alkyl halides is 1. The fraction of sp³-hybridized carbons (Fsp3) is 1.00. The monoisotopic (exact) mass is 274 g/mol. The van der Waals surface area contributed by atoms with E-state index in [1.807, 2.05) is 0 Å². The average molecular weight is 275 g/mol. The van der Waals surface area contributed by atoms with Crippen LogP contribution in [0.4, 0.5) is 0 Å². The van der Waals surface area contributed by atoms with Gasteiger partial charge in [0.2, 0.25) is 0 Å². The van der Waals surface area contributed by atoms with Crippen molar-refractivity contribution >= 4 is 15.9 Å². The van der Waals surface area contributed by atoms with E-state index in [1.165, 1.54) is 82.4 Å². The zero-order chi connectivity index (χ0) is 10.8. The molecule has 0 amide bonds. The summed E-state index contributed by atoms with van der Waals surface area (Å²) in [6.07, 6.45) is 17.8. The summed E-state index contributed by atoms with van der Waals surface area (Å²) in [4.78, 5) is 0. The molecule has 0 nitrogen and oxygen atoms in total. The van der Waals surface area contributed by atoms with Crippen molar-refractivity contribution < 1.29 is 0 Å². The quantitative estimate of drug-likeness (QED) is 0.355. The molecule has 1 fully saturated rings. The Morgan fingerprint density at radius 1 is 0.733 bits per heavy atom. The first-order chi connectivity index (χ1) is 7.43. The van der Waals surface area contributed by atoms with Crippen LogP contribution < -0.4 is 0 Å². The predicted molar refractivity (Wildman–Crippen MR) is 72.7 cm³/mol. The Hall–Kier alpha value is 0.480. The highest BCUT2D eigenvalue weighted by atomic mass is 79.9. The van der Waals surface area contributed by atoms with Crippen molar-refractivity contribution in [2.75, 3.05) is 5.33 Å². The summed E-state index contributed by atoms with van der Waals surface area (Å²) in [5, 5.41) is 1.19. The summed E-state index contributed by atoms with van der Waals surface area (Å²) in [5.41, 5.74) is 0. The zero-order valence-corrected chi connectivity index (χ0v) is 11.7. The number of hydrogen-bond donors (Lipinski definition) is 0. The molecule has 0 aromatic carbocycles. The number of rotatable bonds is 10. The fourth-order valence-electron chi connectivity index (χ4n) is 2.37. The van der Waals surface area contributed by atoms with Gasteiger partial charge in [-0.2, -0.15) is 0 Å². The van der Waals surface area contributed by atoms with E-state index in [0.29, 0.717) is 0 Å². The van der Waals surface area contributed by atoms with Gasteiger partial charge in [0.25, 0.3) is 0 Å². The molecule has 1 aliphatic rings. The van der Waals surface area contributed by atoms with Crippen molar-refractivity contribution in [1.29, 1.82) is 0 Å². The lowest BCUT2D eigenvalue weighted by Crippen LogP contribution is -2.10. The van der Waals surface area contributed by atoms with Crippen LogP contribution in [0.25, 0.3) is 0 Å². The zero-order valence-electron chi connectivity index (χ0n) is 10.1. The van der Waals surface area contributed by atoms with Crippen LogP contribution in [0.15, 0.2) is 0 Å². The van der Waals surface area contributed by atoms with Gasteiger partial charge in [0.15, 0.2) is 0 Å². The molecule has 0 radical (unpaired) electrons. The minimum absolute atomic E-state index is 1.13. The van der Waals surface area contributed by atoms with Crippen molar-refractivity contribution in [2.45, 2.75) is 77.0 Å². The van der Waals surface area contributed by atoms with E-state index in [2.05, 4.69) is 15.9 Å². The molecule has 15 heavy (non-hydrogen) atoms. The molecule has 1 heteroatoms. The molecule has 0 bridgehead atoms. The molecule has 0 atom stereocenters. The second-order valence-electron chi connectivity index (χ2n) is 5.10. The molecule has 1 saturated carbocycles. The number of halogens is 1. The minimum atomic E-state index is 1.13. The Morgan fingerprint density at radius 2 is 1.27 bits per heavy atom. The molecular formula is C14H27Br. The number of unbranched alkanes of at least 4 members (excludes halogenated alkanes) is 7. The minimum Gasteiger partial charge on any atom is -0.0928 e. The van der Waals surface area contributed by atoms with Crippen molar-refractivity contribution in [3.05, 3.63) is 0 Å². The van der Waals surface area contributed by atoms with Gasteiger partial charge in [-0.25, -0.2) is 0 Å². The van der Waals surface area contributed by atoms with Crippen LogP contribution in [0.1, 0.15) is 77.0 Å². The fourth-order valence-corrected chi connectivity index (χ4v) is 2.77. The van der Waals surface area contributed by atoms with Crippen molar-refractivity contribution in [2.24, 2.45) is 5.92 Å². The van der Waals surface area contributed by atoms with Crippen molar-refractivity contribution in [1.82, 2.24) is 0 Å². The summed E-state index contributed by atoms with van der Waals surface area (Å²) in [5.74, 6) is 1.13. The topological polar surface area (TPSA) is 0 Å². The molecule has 0 saturated heterocycles. The first-order valence-electron chi connectivity index (χ1n) is 6.99. The van der Waals surface area contributed by atoms with Crippen LogP contribution in [0.3, 0.4) is 0 Å². The highest BCUT2D eigenvalue weighted by Gasteiger charge is 2.15. The first-order valence-corrected chi connectivity index (χ1v) is 8.11. The lowest BCUT2D eigenvalue weighted by Gasteiger charge is -2.24. The van der Waals surface area contributed by atoms with Crippen LogP contribution >= 0.6 is 15.9 Å². The average Bonchev–Trinajstić information content (AvgIpc) is 2.18. The second-order valence-corrected chi connectivity index (χ2v) is 5.90. The van der Waals surface area contributed by atoms with Crippen molar-refractivity contribution in [3.63, 3.8) is 0 Å². The van der Waals surface area contributed by atoms with Gasteiger partial charge in [0.05, 0.1) is 0 Å². The summed E-state index contributed by atoms with van der Waals surface area (Å²) in [6, 6.07) is 0. The largest absolute Gasteiger partial charge is 0.0928 e. The molecule has 0 N–H and O–H groups in total. The van der Waals surface area contributed by atoms with E-state index in [9.17, 15) is 0 Å². The van der Waals surface area contributed by atoms with Crippen LogP contribution in [0, 0.1) is 5.92 Å². The third kappa shape index (κ3) is 7.38. The Morgan fingerprint density at radius 3 is 1.73 bits per heavy atom. The van der Waals surface area contributed by atoms with Crippen LogP contribution in [-0.4, -0.2) is 5.33 Å². The van der Waals surface area contributed by atoms with Gasteiger partial charge in [-0.3, -0.25) is 0 Å². The molecule has 1 rings (SSSR count). The normalized spacial score (nSPS) is 16.6. The van der Waals surface area contributed by atoms with Gasteiger partial charge >= 0.3 is 0 Å². The molecule has 1 aliphatic carbocycles. The molecule has 0 spiro atoms. The Kier molecular flexibility index (Phi) is 8.75. The highest BCUT2D eigenvalue weighted by Crippen LogP contribution is 2.31. The van der Waals surface area contributed by atoms with Crippen LogP contribution in [0.2, 0.25) is 0 Å². The van der Waals surface area contributed by atoms with Crippen LogP contribution in [-0.2, 0) is 0 Å². The molecule has 0 aromatic rings. The number of hydrogen-bond acceptors (Lipinski definition) is 0. The van der Waals surface area contributed by atoms with E-state index >= 15 is 0 Å². The maximum Gasteiger partial charge on any atom is 0.00313 e. The van der Waals surface area contributed by atoms with Gasteiger partial charge in [0.1, 0.15) is 0 Å². The summed E-state index contributed by atoms with van der Waals surface area (Å²) in [6.45, 7) is 0. The second kappa shape index (κ2) is 9.69. The maximum absolute atomic E-state index is 3.48. The highest BCUT2D eigenvalue weighted by molar-refractivity contribution is 9.09. The Labute approximate surface area is 104 Å². The van der Waals surface area contributed by atoms with E-state index in [0.717, 1.165) is 5.92 Å². The maximum atomic E-state index is 3.48. The van der Waals surface area contributed by atoms with E-state index in [-0.39, 0.29) is 0 Å². The van der Waals surface area contributed by atoms with Gasteiger partial charge in [0, 0.05) is 5.33 Å². The predicted octanol–water partition coefficient (Wildman–Crippen LogP) is 5.69. The van der Waals surface area contributed by atoms with Gasteiger partial charge < -0.3 is 0 Å². The molecule has 0 heterocycles. The molecule has 0 aliphatic heterocycles. The summed E-state index contributed by atoms with van der Waals surface area (Å²) >= 11 is 3.48. The van der Waals surface area contributed by atoms with E-state index in [1.54, 1.807) is 0 Å². The van der Waals surface area contributed by atoms with Gasteiger partial charge in [-0.1, -0.05) is 86.6 Å². The third-order valence-corrected chi connectivity index (χ3v) is 4.28. The first kappa shape index (κ1) is 13.5. The SMILES string of the molecule is BrCCCCCCCCCCC1CCC1. The molecular weight excluding hydrogens is 248 g/mol. The van der Waals surface area contributed by atoms with E-state index in [4.69, 9.17) is 0 Å². The van der Waals surface area contributed by atoms with Crippen LogP contribution in [0.5, 0.6) is 0 Å².